The zero-order chi connectivity index (χ0) is 18.3. The minimum atomic E-state index is -0.231. The summed E-state index contributed by atoms with van der Waals surface area (Å²) in [4.78, 5) is 4.66. The molecule has 2 heterocycles. The number of pyridine rings is 1. The number of rotatable bonds is 3. The Bertz CT molecular complexity index is 1110. The number of benzene rings is 2. The first-order chi connectivity index (χ1) is 12.5. The van der Waals surface area contributed by atoms with Gasteiger partial charge < -0.3 is 21.4 Å². The topological polar surface area (TPSA) is 29.9 Å². The average molecular weight is 492 g/mol. The molecule has 0 radical (unpaired) electrons. The van der Waals surface area contributed by atoms with Gasteiger partial charge in [-0.25, -0.2) is 9.37 Å². The number of halogens is 3. The predicted molar refractivity (Wildman–Crippen MR) is 102 cm³/mol. The second-order valence-electron chi connectivity index (χ2n) is 6.49. The fourth-order valence-corrected chi connectivity index (χ4v) is 3.62. The van der Waals surface area contributed by atoms with Crippen LogP contribution in [0.3, 0.4) is 0 Å². The zero-order valence-corrected chi connectivity index (χ0v) is 18.0. The maximum absolute atomic E-state index is 13.1. The molecule has 0 unspecified atom stereocenters. The molecular formula is C21H17Br2FN2O. The molecule has 0 fully saturated rings. The van der Waals surface area contributed by atoms with Crippen LogP contribution in [0.1, 0.15) is 16.7 Å². The fraction of sp³-hybridized carbons (Fsp3) is 0.143. The van der Waals surface area contributed by atoms with Crippen LogP contribution in [0.5, 0.6) is 0 Å². The van der Waals surface area contributed by atoms with Gasteiger partial charge in [0.2, 0.25) is 5.89 Å². The van der Waals surface area contributed by atoms with E-state index >= 15 is 0 Å². The SMILES string of the molecule is Cc1cc(C)c2oc(-c3cc(Br)c[n+](Cc4ccc(F)cc4)c3)nc2c1.[Br-]. The van der Waals surface area contributed by atoms with Crippen molar-refractivity contribution in [2.45, 2.75) is 20.4 Å². The quantitative estimate of drug-likeness (QED) is 0.412. The van der Waals surface area contributed by atoms with Gasteiger partial charge in [-0.05, 0) is 77.3 Å². The molecule has 0 bridgehead atoms. The van der Waals surface area contributed by atoms with E-state index in [0.29, 0.717) is 12.4 Å². The molecule has 0 aliphatic carbocycles. The van der Waals surface area contributed by atoms with Crippen molar-refractivity contribution in [1.29, 1.82) is 0 Å². The number of oxazole rings is 1. The summed E-state index contributed by atoms with van der Waals surface area (Å²) < 4.78 is 22.1. The highest BCUT2D eigenvalue weighted by Crippen LogP contribution is 2.28. The molecule has 0 N–H and O–H groups in total. The maximum atomic E-state index is 13.1. The fourth-order valence-electron chi connectivity index (χ4n) is 3.11. The van der Waals surface area contributed by atoms with E-state index in [2.05, 4.69) is 33.9 Å². The molecule has 0 spiro atoms. The molecule has 0 saturated heterocycles. The van der Waals surface area contributed by atoms with Crippen LogP contribution in [-0.4, -0.2) is 4.98 Å². The van der Waals surface area contributed by atoms with Crippen LogP contribution in [0.2, 0.25) is 0 Å². The molecule has 0 aliphatic rings. The van der Waals surface area contributed by atoms with Crippen molar-refractivity contribution in [3.05, 3.63) is 81.8 Å². The van der Waals surface area contributed by atoms with E-state index in [1.807, 2.05) is 36.0 Å². The van der Waals surface area contributed by atoms with Gasteiger partial charge in [-0.1, -0.05) is 6.07 Å². The Hall–Kier alpha value is -2.05. The summed E-state index contributed by atoms with van der Waals surface area (Å²) in [6.07, 6.45) is 3.96. The van der Waals surface area contributed by atoms with Gasteiger partial charge in [-0.2, -0.15) is 4.57 Å². The second-order valence-corrected chi connectivity index (χ2v) is 7.41. The molecule has 4 rings (SSSR count). The van der Waals surface area contributed by atoms with Crippen LogP contribution in [0.4, 0.5) is 4.39 Å². The van der Waals surface area contributed by atoms with E-state index in [1.165, 1.54) is 12.1 Å². The van der Waals surface area contributed by atoms with Gasteiger partial charge in [-0.3, -0.25) is 0 Å². The first kappa shape index (κ1) is 19.7. The Kier molecular flexibility index (Phi) is 5.77. The first-order valence-corrected chi connectivity index (χ1v) is 9.09. The molecule has 0 atom stereocenters. The van der Waals surface area contributed by atoms with Gasteiger partial charge in [0.05, 0.1) is 4.47 Å². The van der Waals surface area contributed by atoms with Crippen molar-refractivity contribution >= 4 is 27.0 Å². The van der Waals surface area contributed by atoms with E-state index < -0.39 is 0 Å². The molecule has 3 nitrogen and oxygen atoms in total. The van der Waals surface area contributed by atoms with Crippen molar-refractivity contribution in [2.75, 3.05) is 0 Å². The van der Waals surface area contributed by atoms with E-state index in [4.69, 9.17) is 4.42 Å². The maximum Gasteiger partial charge on any atom is 0.233 e. The van der Waals surface area contributed by atoms with Crippen LogP contribution < -0.4 is 21.5 Å². The summed E-state index contributed by atoms with van der Waals surface area (Å²) in [5, 5.41) is 0. The van der Waals surface area contributed by atoms with Crippen LogP contribution in [0.15, 0.2) is 63.7 Å². The third-order valence-corrected chi connectivity index (χ3v) is 4.67. The lowest BCUT2D eigenvalue weighted by Gasteiger charge is -2.01. The molecule has 4 aromatic rings. The normalized spacial score (nSPS) is 10.8. The molecular weight excluding hydrogens is 475 g/mol. The number of hydrogen-bond donors (Lipinski definition) is 0. The van der Waals surface area contributed by atoms with E-state index in [9.17, 15) is 4.39 Å². The molecule has 2 aromatic carbocycles. The standard InChI is InChI=1S/C21H17BrFN2O.BrH/c1-13-7-14(2)20-19(8-13)24-21(26-20)16-9-17(22)12-25(11-16)10-15-3-5-18(23)6-4-15;/h3-9,11-12H,10H2,1-2H3;1H/q+1;/p-1. The molecule has 0 saturated carbocycles. The molecule has 0 amide bonds. The summed E-state index contributed by atoms with van der Waals surface area (Å²) in [7, 11) is 0. The zero-order valence-electron chi connectivity index (χ0n) is 14.8. The molecule has 2 aromatic heterocycles. The van der Waals surface area contributed by atoms with Crippen molar-refractivity contribution < 1.29 is 30.4 Å². The smallest absolute Gasteiger partial charge is 0.233 e. The highest BCUT2D eigenvalue weighted by molar-refractivity contribution is 9.10. The number of hydrogen-bond acceptors (Lipinski definition) is 2. The number of aryl methyl sites for hydroxylation is 2. The van der Waals surface area contributed by atoms with E-state index in [0.717, 1.165) is 37.8 Å². The van der Waals surface area contributed by atoms with Crippen molar-refractivity contribution in [3.8, 4) is 11.5 Å². The van der Waals surface area contributed by atoms with Gasteiger partial charge in [-0.15, -0.1) is 0 Å². The highest BCUT2D eigenvalue weighted by atomic mass is 79.9. The Morgan fingerprint density at radius 3 is 2.56 bits per heavy atom. The van der Waals surface area contributed by atoms with Gasteiger partial charge in [0.1, 0.15) is 16.9 Å². The largest absolute Gasteiger partial charge is 1.00 e. The van der Waals surface area contributed by atoms with Crippen molar-refractivity contribution in [3.63, 3.8) is 0 Å². The number of nitrogens with zero attached hydrogens (tertiary/aromatic N) is 2. The number of aromatic nitrogens is 2. The van der Waals surface area contributed by atoms with Crippen LogP contribution >= 0.6 is 15.9 Å². The molecule has 138 valence electrons. The number of fused-ring (bicyclic) bond motifs is 1. The highest BCUT2D eigenvalue weighted by Gasteiger charge is 2.15. The Morgan fingerprint density at radius 2 is 1.81 bits per heavy atom. The second kappa shape index (κ2) is 7.90. The van der Waals surface area contributed by atoms with Crippen LogP contribution in [0, 0.1) is 19.7 Å². The third kappa shape index (κ3) is 4.28. The third-order valence-electron chi connectivity index (χ3n) is 4.23. The van der Waals surface area contributed by atoms with Gasteiger partial charge in [0.25, 0.3) is 0 Å². The Balaban J connectivity index is 0.00000210. The molecule has 27 heavy (non-hydrogen) atoms. The lowest BCUT2D eigenvalue weighted by atomic mass is 10.1. The van der Waals surface area contributed by atoms with Crippen molar-refractivity contribution in [1.82, 2.24) is 4.98 Å². The molecule has 0 aliphatic heterocycles. The van der Waals surface area contributed by atoms with Crippen LogP contribution in [0.25, 0.3) is 22.6 Å². The van der Waals surface area contributed by atoms with Gasteiger partial charge in [0.15, 0.2) is 24.5 Å². The summed E-state index contributed by atoms with van der Waals surface area (Å²) in [6, 6.07) is 12.6. The lowest BCUT2D eigenvalue weighted by Crippen LogP contribution is -3.00. The van der Waals surface area contributed by atoms with Crippen LogP contribution in [-0.2, 0) is 6.54 Å². The lowest BCUT2D eigenvalue weighted by molar-refractivity contribution is -0.688. The Morgan fingerprint density at radius 1 is 1.07 bits per heavy atom. The summed E-state index contributed by atoms with van der Waals surface area (Å²) in [6.45, 7) is 4.71. The van der Waals surface area contributed by atoms with Gasteiger partial charge >= 0.3 is 0 Å². The van der Waals surface area contributed by atoms with E-state index in [1.54, 1.807) is 12.1 Å². The monoisotopic (exact) mass is 490 g/mol. The van der Waals surface area contributed by atoms with Gasteiger partial charge in [0, 0.05) is 5.56 Å². The average Bonchev–Trinajstić information content (AvgIpc) is 3.01. The molecule has 6 heteroatoms. The predicted octanol–water partition coefficient (Wildman–Crippen LogP) is 2.35. The summed E-state index contributed by atoms with van der Waals surface area (Å²) in [5.41, 5.74) is 5.82. The summed E-state index contributed by atoms with van der Waals surface area (Å²) >= 11 is 3.55. The minimum absolute atomic E-state index is 0. The summed E-state index contributed by atoms with van der Waals surface area (Å²) in [5.74, 6) is 0.355. The first-order valence-electron chi connectivity index (χ1n) is 8.30. The minimum Gasteiger partial charge on any atom is -1.00 e. The van der Waals surface area contributed by atoms with Crippen molar-refractivity contribution in [2.24, 2.45) is 0 Å². The van der Waals surface area contributed by atoms with E-state index in [-0.39, 0.29) is 22.8 Å². The Labute approximate surface area is 175 Å².